The summed E-state index contributed by atoms with van der Waals surface area (Å²) in [7, 11) is 0. The minimum absolute atomic E-state index is 0.0381. The molecule has 122 valence electrons. The molecule has 2 rings (SSSR count). The van der Waals surface area contributed by atoms with E-state index in [1.807, 2.05) is 20.8 Å². The Morgan fingerprint density at radius 1 is 1.45 bits per heavy atom. The second-order valence-corrected chi connectivity index (χ2v) is 7.25. The lowest BCUT2D eigenvalue weighted by Crippen LogP contribution is -2.35. The Kier molecular flexibility index (Phi) is 5.52. The topological polar surface area (TPSA) is 68.7 Å². The molecule has 0 aromatic carbocycles. The molecule has 2 heterocycles. The van der Waals surface area contributed by atoms with E-state index < -0.39 is 5.60 Å². The summed E-state index contributed by atoms with van der Waals surface area (Å²) in [5.41, 5.74) is -0.480. The van der Waals surface area contributed by atoms with Crippen molar-refractivity contribution in [2.24, 2.45) is 5.92 Å². The second-order valence-electron chi connectivity index (χ2n) is 6.36. The van der Waals surface area contributed by atoms with Gasteiger partial charge in [-0.2, -0.15) is 0 Å². The summed E-state index contributed by atoms with van der Waals surface area (Å²) in [6.07, 6.45) is 2.19. The van der Waals surface area contributed by atoms with Crippen molar-refractivity contribution in [2.75, 3.05) is 26.3 Å². The summed E-state index contributed by atoms with van der Waals surface area (Å²) in [5.74, 6) is 0.147. The number of hydrogen-bond acceptors (Lipinski definition) is 6. The van der Waals surface area contributed by atoms with E-state index in [9.17, 15) is 9.59 Å². The van der Waals surface area contributed by atoms with Crippen LogP contribution in [-0.4, -0.2) is 53.7 Å². The number of nitrogens with zero attached hydrogens (tertiary/aromatic N) is 2. The van der Waals surface area contributed by atoms with Gasteiger partial charge >= 0.3 is 6.09 Å². The summed E-state index contributed by atoms with van der Waals surface area (Å²) >= 11 is 1.31. The summed E-state index contributed by atoms with van der Waals surface area (Å²) in [6, 6.07) is 0. The zero-order valence-electron chi connectivity index (χ0n) is 13.2. The highest BCUT2D eigenvalue weighted by atomic mass is 32.1. The third-order valence-corrected chi connectivity index (χ3v) is 4.01. The molecule has 1 atom stereocenters. The standard InChI is InChI=1S/C15H22N2O4S/c1-15(2,3)21-14(19)17-6-4-11(8-17)9-20-10-12(18)13-16-5-7-22-13/h5,7,11H,4,6,8-10H2,1-3H3/t11-/m0/s1. The smallest absolute Gasteiger partial charge is 0.410 e. The molecule has 0 aliphatic carbocycles. The van der Waals surface area contributed by atoms with Gasteiger partial charge in [0, 0.05) is 30.6 Å². The molecule has 1 aliphatic heterocycles. The predicted octanol–water partition coefficient (Wildman–Crippen LogP) is 2.60. The maximum Gasteiger partial charge on any atom is 0.410 e. The summed E-state index contributed by atoms with van der Waals surface area (Å²) in [5, 5.41) is 2.24. The molecule has 0 saturated carbocycles. The Labute approximate surface area is 134 Å². The molecule has 1 saturated heterocycles. The van der Waals surface area contributed by atoms with Crippen LogP contribution in [0.3, 0.4) is 0 Å². The molecular weight excluding hydrogens is 304 g/mol. The number of amides is 1. The molecule has 1 aliphatic rings. The van der Waals surface area contributed by atoms with Gasteiger partial charge in [0.05, 0.1) is 6.61 Å². The average Bonchev–Trinajstić information content (AvgIpc) is 3.08. The van der Waals surface area contributed by atoms with Gasteiger partial charge in [-0.05, 0) is 27.2 Å². The summed E-state index contributed by atoms with van der Waals surface area (Å²) < 4.78 is 10.8. The van der Waals surface area contributed by atoms with E-state index in [0.717, 1.165) is 6.42 Å². The highest BCUT2D eigenvalue weighted by Crippen LogP contribution is 2.19. The molecule has 0 bridgehead atoms. The first-order valence-electron chi connectivity index (χ1n) is 7.33. The van der Waals surface area contributed by atoms with E-state index in [-0.39, 0.29) is 24.4 Å². The normalized spacial score (nSPS) is 18.5. The van der Waals surface area contributed by atoms with Crippen LogP contribution < -0.4 is 0 Å². The van der Waals surface area contributed by atoms with Crippen LogP contribution in [-0.2, 0) is 9.47 Å². The Morgan fingerprint density at radius 2 is 2.23 bits per heavy atom. The number of ketones is 1. The van der Waals surface area contributed by atoms with Gasteiger partial charge in [0.2, 0.25) is 5.78 Å². The molecule has 7 heteroatoms. The SMILES string of the molecule is CC(C)(C)OC(=O)N1CC[C@H](COCC(=O)c2nccs2)C1. The molecule has 1 amide bonds. The number of carbonyl (C=O) groups is 2. The van der Waals surface area contributed by atoms with Crippen molar-refractivity contribution >= 4 is 23.2 Å². The zero-order valence-corrected chi connectivity index (χ0v) is 14.0. The Morgan fingerprint density at radius 3 is 2.86 bits per heavy atom. The Bertz CT molecular complexity index is 510. The number of carbonyl (C=O) groups excluding carboxylic acids is 2. The number of hydrogen-bond donors (Lipinski definition) is 0. The minimum atomic E-state index is -0.480. The number of ether oxygens (including phenoxy) is 2. The van der Waals surface area contributed by atoms with Crippen molar-refractivity contribution in [3.63, 3.8) is 0 Å². The van der Waals surface area contributed by atoms with E-state index in [1.165, 1.54) is 11.3 Å². The Balaban J connectivity index is 1.68. The molecule has 22 heavy (non-hydrogen) atoms. The van der Waals surface area contributed by atoms with E-state index in [0.29, 0.717) is 24.7 Å². The van der Waals surface area contributed by atoms with Crippen LogP contribution in [0.25, 0.3) is 0 Å². The molecule has 1 aromatic heterocycles. The van der Waals surface area contributed by atoms with Crippen LogP contribution >= 0.6 is 11.3 Å². The second kappa shape index (κ2) is 7.19. The lowest BCUT2D eigenvalue weighted by atomic mass is 10.1. The van der Waals surface area contributed by atoms with Crippen LogP contribution in [0.1, 0.15) is 37.0 Å². The third kappa shape index (κ3) is 5.06. The van der Waals surface area contributed by atoms with Crippen LogP contribution in [0.15, 0.2) is 11.6 Å². The lowest BCUT2D eigenvalue weighted by Gasteiger charge is -2.24. The summed E-state index contributed by atoms with van der Waals surface area (Å²) in [4.78, 5) is 29.3. The highest BCUT2D eigenvalue weighted by molar-refractivity contribution is 7.11. The maximum atomic E-state index is 11.9. The number of rotatable bonds is 5. The van der Waals surface area contributed by atoms with Gasteiger partial charge in [-0.3, -0.25) is 4.79 Å². The first-order chi connectivity index (χ1) is 10.3. The van der Waals surface area contributed by atoms with Crippen LogP contribution in [0, 0.1) is 5.92 Å². The monoisotopic (exact) mass is 326 g/mol. The molecular formula is C15H22N2O4S. The lowest BCUT2D eigenvalue weighted by molar-refractivity contribution is 0.0273. The fourth-order valence-electron chi connectivity index (χ4n) is 2.20. The van der Waals surface area contributed by atoms with Crippen molar-refractivity contribution in [3.8, 4) is 0 Å². The van der Waals surface area contributed by atoms with E-state index in [2.05, 4.69) is 4.98 Å². The van der Waals surface area contributed by atoms with Crippen molar-refractivity contribution in [1.29, 1.82) is 0 Å². The fraction of sp³-hybridized carbons (Fsp3) is 0.667. The molecule has 0 spiro atoms. The Hall–Kier alpha value is -1.47. The first-order valence-corrected chi connectivity index (χ1v) is 8.21. The molecule has 6 nitrogen and oxygen atoms in total. The van der Waals surface area contributed by atoms with Gasteiger partial charge < -0.3 is 14.4 Å². The van der Waals surface area contributed by atoms with Gasteiger partial charge in [-0.1, -0.05) is 0 Å². The summed E-state index contributed by atoms with van der Waals surface area (Å²) in [6.45, 7) is 7.35. The predicted molar refractivity (Wildman–Crippen MR) is 83.2 cm³/mol. The number of Topliss-reactive ketones (excluding diaryl/α,β-unsaturated/α-hetero) is 1. The highest BCUT2D eigenvalue weighted by Gasteiger charge is 2.29. The zero-order chi connectivity index (χ0) is 16.2. The quantitative estimate of drug-likeness (QED) is 0.778. The van der Waals surface area contributed by atoms with Crippen molar-refractivity contribution in [1.82, 2.24) is 9.88 Å². The fourth-order valence-corrected chi connectivity index (χ4v) is 2.76. The van der Waals surface area contributed by atoms with E-state index >= 15 is 0 Å². The van der Waals surface area contributed by atoms with Gasteiger partial charge in [-0.25, -0.2) is 9.78 Å². The first kappa shape index (κ1) is 16.9. The van der Waals surface area contributed by atoms with E-state index in [1.54, 1.807) is 16.5 Å². The van der Waals surface area contributed by atoms with Gasteiger partial charge in [0.1, 0.15) is 12.2 Å². The van der Waals surface area contributed by atoms with Gasteiger partial charge in [0.25, 0.3) is 0 Å². The average molecular weight is 326 g/mol. The van der Waals surface area contributed by atoms with Gasteiger partial charge in [0.15, 0.2) is 5.01 Å². The minimum Gasteiger partial charge on any atom is -0.444 e. The van der Waals surface area contributed by atoms with Crippen molar-refractivity contribution in [2.45, 2.75) is 32.8 Å². The molecule has 0 radical (unpaired) electrons. The number of thiazole rings is 1. The van der Waals surface area contributed by atoms with Crippen LogP contribution in [0.4, 0.5) is 4.79 Å². The van der Waals surface area contributed by atoms with Crippen LogP contribution in [0.2, 0.25) is 0 Å². The maximum absolute atomic E-state index is 11.9. The van der Waals surface area contributed by atoms with Gasteiger partial charge in [-0.15, -0.1) is 11.3 Å². The van der Waals surface area contributed by atoms with Crippen molar-refractivity contribution in [3.05, 3.63) is 16.6 Å². The number of aromatic nitrogens is 1. The largest absolute Gasteiger partial charge is 0.444 e. The molecule has 1 aromatic rings. The van der Waals surface area contributed by atoms with E-state index in [4.69, 9.17) is 9.47 Å². The molecule has 1 fully saturated rings. The molecule has 0 N–H and O–H groups in total. The number of likely N-dealkylation sites (tertiary alicyclic amines) is 1. The van der Waals surface area contributed by atoms with Crippen LogP contribution in [0.5, 0.6) is 0 Å². The third-order valence-electron chi connectivity index (χ3n) is 3.20. The van der Waals surface area contributed by atoms with Crippen molar-refractivity contribution < 1.29 is 19.1 Å². The molecule has 0 unspecified atom stereocenters.